The molecule has 1 aromatic heterocycles. The lowest BCUT2D eigenvalue weighted by atomic mass is 10.1. The van der Waals surface area contributed by atoms with Crippen LogP contribution in [0.5, 0.6) is 17.2 Å². The number of anilines is 1. The van der Waals surface area contributed by atoms with E-state index < -0.39 is 0 Å². The van der Waals surface area contributed by atoms with Crippen molar-refractivity contribution in [3.8, 4) is 17.2 Å². The minimum Gasteiger partial charge on any atom is -0.493 e. The second kappa shape index (κ2) is 5.50. The molecule has 3 aromatic rings. The second-order valence-electron chi connectivity index (χ2n) is 4.45. The molecule has 0 saturated carbocycles. The molecule has 3 rings (SSSR count). The summed E-state index contributed by atoms with van der Waals surface area (Å²) in [5, 5.41) is 1.45. The number of aromatic nitrogens is 1. The van der Waals surface area contributed by atoms with Crippen LogP contribution < -0.4 is 15.2 Å². The Labute approximate surface area is 127 Å². The predicted octanol–water partition coefficient (Wildman–Crippen LogP) is 4.27. The fourth-order valence-electron chi connectivity index (χ4n) is 2.10. The van der Waals surface area contributed by atoms with Gasteiger partial charge in [-0.15, -0.1) is 0 Å². The molecule has 0 fully saturated rings. The average Bonchev–Trinajstić information content (AvgIpc) is 2.52. The Balaban J connectivity index is 2.15. The van der Waals surface area contributed by atoms with Crippen LogP contribution in [0.2, 0.25) is 5.02 Å². The summed E-state index contributed by atoms with van der Waals surface area (Å²) in [7, 11) is 1.58. The highest BCUT2D eigenvalue weighted by atomic mass is 35.5. The molecule has 0 radical (unpaired) electrons. The monoisotopic (exact) mass is 300 g/mol. The number of methoxy groups -OCH3 is 1. The molecule has 2 aromatic carbocycles. The number of hydrogen-bond donors (Lipinski definition) is 1. The lowest BCUT2D eigenvalue weighted by Crippen LogP contribution is -1.96. The highest BCUT2D eigenvalue weighted by molar-refractivity contribution is 6.30. The zero-order valence-corrected chi connectivity index (χ0v) is 12.1. The van der Waals surface area contributed by atoms with Crippen LogP contribution in [0.1, 0.15) is 0 Å². The third-order valence-corrected chi connectivity index (χ3v) is 3.34. The lowest BCUT2D eigenvalue weighted by Gasteiger charge is -2.14. The van der Waals surface area contributed by atoms with E-state index in [2.05, 4.69) is 4.98 Å². The maximum Gasteiger partial charge on any atom is 0.178 e. The number of nitrogens with zero attached hydrogens (tertiary/aromatic N) is 1. The quantitative estimate of drug-likeness (QED) is 0.734. The predicted molar refractivity (Wildman–Crippen MR) is 84.2 cm³/mol. The number of rotatable bonds is 3. The van der Waals surface area contributed by atoms with Crippen molar-refractivity contribution in [1.29, 1.82) is 0 Å². The summed E-state index contributed by atoms with van der Waals surface area (Å²) < 4.78 is 11.3. The molecule has 106 valence electrons. The molecule has 0 aliphatic rings. The van der Waals surface area contributed by atoms with Crippen molar-refractivity contribution in [2.75, 3.05) is 12.8 Å². The minimum atomic E-state index is 0.547. The molecule has 0 aliphatic carbocycles. The van der Waals surface area contributed by atoms with E-state index >= 15 is 0 Å². The maximum absolute atomic E-state index is 6.00. The van der Waals surface area contributed by atoms with Crippen LogP contribution in [0, 0.1) is 0 Å². The molecule has 0 atom stereocenters. The van der Waals surface area contributed by atoms with E-state index in [1.54, 1.807) is 43.6 Å². The van der Waals surface area contributed by atoms with Gasteiger partial charge in [0.05, 0.1) is 18.3 Å². The second-order valence-corrected chi connectivity index (χ2v) is 4.89. The number of pyridine rings is 1. The topological polar surface area (TPSA) is 57.4 Å². The highest BCUT2D eigenvalue weighted by Gasteiger charge is 2.14. The number of benzene rings is 2. The van der Waals surface area contributed by atoms with Gasteiger partial charge >= 0.3 is 0 Å². The van der Waals surface area contributed by atoms with Crippen molar-refractivity contribution >= 4 is 28.2 Å². The molecule has 0 amide bonds. The third kappa shape index (κ3) is 2.58. The summed E-state index contributed by atoms with van der Waals surface area (Å²) in [5.41, 5.74) is 7.23. The largest absolute Gasteiger partial charge is 0.493 e. The van der Waals surface area contributed by atoms with E-state index in [0.29, 0.717) is 33.5 Å². The Morgan fingerprint density at radius 2 is 1.90 bits per heavy atom. The van der Waals surface area contributed by atoms with Gasteiger partial charge in [0.2, 0.25) is 0 Å². The third-order valence-electron chi connectivity index (χ3n) is 3.09. The minimum absolute atomic E-state index is 0.547. The van der Waals surface area contributed by atoms with E-state index in [-0.39, 0.29) is 0 Å². The van der Waals surface area contributed by atoms with E-state index in [0.717, 1.165) is 5.39 Å². The smallest absolute Gasteiger partial charge is 0.178 e. The molecule has 0 aliphatic heterocycles. The van der Waals surface area contributed by atoms with Gasteiger partial charge in [-0.2, -0.15) is 0 Å². The first-order chi connectivity index (χ1) is 10.2. The van der Waals surface area contributed by atoms with Crippen molar-refractivity contribution in [3.63, 3.8) is 0 Å². The first-order valence-corrected chi connectivity index (χ1v) is 6.71. The fraction of sp³-hybridized carbons (Fsp3) is 0.0625. The van der Waals surface area contributed by atoms with Crippen LogP contribution >= 0.6 is 11.6 Å². The van der Waals surface area contributed by atoms with Crippen molar-refractivity contribution in [3.05, 3.63) is 53.7 Å². The number of hydrogen-bond acceptors (Lipinski definition) is 4. The van der Waals surface area contributed by atoms with Gasteiger partial charge in [-0.1, -0.05) is 11.6 Å². The molecule has 0 bridgehead atoms. The van der Waals surface area contributed by atoms with Crippen LogP contribution in [0.25, 0.3) is 10.9 Å². The molecule has 4 nitrogen and oxygen atoms in total. The van der Waals surface area contributed by atoms with E-state index in [1.807, 2.05) is 12.1 Å². The molecular weight excluding hydrogens is 288 g/mol. The molecule has 2 N–H and O–H groups in total. The molecule has 0 saturated heterocycles. The van der Waals surface area contributed by atoms with Gasteiger partial charge in [0.15, 0.2) is 11.5 Å². The van der Waals surface area contributed by atoms with Crippen molar-refractivity contribution in [2.45, 2.75) is 0 Å². The SMILES string of the molecule is COc1cc(N)c2ncccc2c1Oc1ccc(Cl)cc1. The zero-order chi connectivity index (χ0) is 14.8. The van der Waals surface area contributed by atoms with Gasteiger partial charge in [0, 0.05) is 22.7 Å². The van der Waals surface area contributed by atoms with Gasteiger partial charge in [-0.25, -0.2) is 0 Å². The maximum atomic E-state index is 6.00. The Morgan fingerprint density at radius 3 is 2.62 bits per heavy atom. The number of nitrogens with two attached hydrogens (primary N) is 1. The van der Waals surface area contributed by atoms with Crippen molar-refractivity contribution < 1.29 is 9.47 Å². The van der Waals surface area contributed by atoms with Crippen LogP contribution in [0.15, 0.2) is 48.7 Å². The van der Waals surface area contributed by atoms with Gasteiger partial charge in [0.1, 0.15) is 5.75 Å². The van der Waals surface area contributed by atoms with Crippen LogP contribution in [-0.2, 0) is 0 Å². The molecule has 21 heavy (non-hydrogen) atoms. The number of halogens is 1. The molecule has 5 heteroatoms. The number of ether oxygens (including phenoxy) is 2. The molecular formula is C16H13ClN2O2. The van der Waals surface area contributed by atoms with Gasteiger partial charge in [-0.3, -0.25) is 4.98 Å². The summed E-state index contributed by atoms with van der Waals surface area (Å²) in [6.45, 7) is 0. The number of fused-ring (bicyclic) bond motifs is 1. The normalized spacial score (nSPS) is 10.6. The van der Waals surface area contributed by atoms with Gasteiger partial charge in [-0.05, 0) is 36.4 Å². The van der Waals surface area contributed by atoms with E-state index in [1.165, 1.54) is 0 Å². The first kappa shape index (κ1) is 13.5. The number of nitrogen functional groups attached to an aromatic ring is 1. The summed E-state index contributed by atoms with van der Waals surface area (Å²) >= 11 is 5.88. The first-order valence-electron chi connectivity index (χ1n) is 6.33. The zero-order valence-electron chi connectivity index (χ0n) is 11.3. The Kier molecular flexibility index (Phi) is 3.54. The van der Waals surface area contributed by atoms with E-state index in [9.17, 15) is 0 Å². The molecule has 1 heterocycles. The Hall–Kier alpha value is -2.46. The summed E-state index contributed by atoms with van der Waals surface area (Å²) in [6, 6.07) is 12.5. The summed E-state index contributed by atoms with van der Waals surface area (Å²) in [5.74, 6) is 1.80. The standard InChI is InChI=1S/C16H13ClN2O2/c1-20-14-9-13(18)15-12(3-2-8-19-15)16(14)21-11-6-4-10(17)5-7-11/h2-9H,18H2,1H3. The van der Waals surface area contributed by atoms with E-state index in [4.69, 9.17) is 26.8 Å². The molecule has 0 unspecified atom stereocenters. The Morgan fingerprint density at radius 1 is 1.14 bits per heavy atom. The van der Waals surface area contributed by atoms with Crippen molar-refractivity contribution in [1.82, 2.24) is 4.98 Å². The van der Waals surface area contributed by atoms with Gasteiger partial charge < -0.3 is 15.2 Å². The Bertz CT molecular complexity index is 788. The van der Waals surface area contributed by atoms with Crippen LogP contribution in [0.3, 0.4) is 0 Å². The lowest BCUT2D eigenvalue weighted by molar-refractivity contribution is 0.381. The van der Waals surface area contributed by atoms with Crippen LogP contribution in [0.4, 0.5) is 5.69 Å². The van der Waals surface area contributed by atoms with Gasteiger partial charge in [0.25, 0.3) is 0 Å². The highest BCUT2D eigenvalue weighted by Crippen LogP contribution is 2.40. The molecule has 0 spiro atoms. The summed E-state index contributed by atoms with van der Waals surface area (Å²) in [6.07, 6.45) is 1.69. The average molecular weight is 301 g/mol. The summed E-state index contributed by atoms with van der Waals surface area (Å²) in [4.78, 5) is 4.29. The van der Waals surface area contributed by atoms with Crippen molar-refractivity contribution in [2.24, 2.45) is 0 Å². The van der Waals surface area contributed by atoms with Crippen LogP contribution in [-0.4, -0.2) is 12.1 Å². The fourth-order valence-corrected chi connectivity index (χ4v) is 2.23.